The predicted molar refractivity (Wildman–Crippen MR) is 77.9 cm³/mol. The van der Waals surface area contributed by atoms with Crippen LogP contribution in [0.5, 0.6) is 0 Å². The third-order valence-electron chi connectivity index (χ3n) is 2.95. The van der Waals surface area contributed by atoms with Crippen molar-refractivity contribution in [2.24, 2.45) is 5.73 Å². The van der Waals surface area contributed by atoms with Crippen LogP contribution in [0.4, 0.5) is 0 Å². The number of hydrogen-bond donors (Lipinski definition) is 2. The van der Waals surface area contributed by atoms with E-state index in [1.807, 2.05) is 6.92 Å². The molecule has 0 bridgehead atoms. The summed E-state index contributed by atoms with van der Waals surface area (Å²) in [5, 5.41) is 3.10. The van der Waals surface area contributed by atoms with Crippen LogP contribution in [-0.2, 0) is 4.79 Å². The molecule has 18 heavy (non-hydrogen) atoms. The van der Waals surface area contributed by atoms with Crippen LogP contribution < -0.4 is 11.1 Å². The minimum absolute atomic E-state index is 0.214. The molecule has 3 N–H and O–H groups in total. The summed E-state index contributed by atoms with van der Waals surface area (Å²) >= 11 is 1.77. The predicted octanol–water partition coefficient (Wildman–Crippen LogP) is 2.25. The number of likely N-dealkylation sites (N-methyl/N-ethyl adjacent to an activating group) is 1. The highest BCUT2D eigenvalue weighted by Crippen LogP contribution is 2.22. The van der Waals surface area contributed by atoms with E-state index in [9.17, 15) is 4.79 Å². The fraction of sp³-hybridized carbons (Fsp3) is 0.500. The number of primary amides is 1. The second-order valence-corrected chi connectivity index (χ2v) is 5.56. The lowest BCUT2D eigenvalue weighted by molar-refractivity contribution is -0.120. The Labute approximate surface area is 114 Å². The number of benzene rings is 1. The van der Waals surface area contributed by atoms with Gasteiger partial charge in [-0.25, -0.2) is 0 Å². The second-order valence-electron chi connectivity index (χ2n) is 4.40. The average Bonchev–Trinajstić information content (AvgIpc) is 2.32. The highest BCUT2D eigenvalue weighted by molar-refractivity contribution is 7.99. The number of aryl methyl sites for hydroxylation is 2. The van der Waals surface area contributed by atoms with E-state index < -0.39 is 0 Å². The fourth-order valence-electron chi connectivity index (χ4n) is 1.69. The zero-order valence-corrected chi connectivity index (χ0v) is 12.1. The van der Waals surface area contributed by atoms with Gasteiger partial charge in [-0.2, -0.15) is 0 Å². The van der Waals surface area contributed by atoms with E-state index in [0.29, 0.717) is 0 Å². The lowest BCUT2D eigenvalue weighted by atomic mass is 10.1. The molecule has 1 unspecified atom stereocenters. The first-order valence-electron chi connectivity index (χ1n) is 6.27. The largest absolute Gasteiger partial charge is 0.368 e. The van der Waals surface area contributed by atoms with Gasteiger partial charge in [0.15, 0.2) is 0 Å². The maximum absolute atomic E-state index is 11.2. The van der Waals surface area contributed by atoms with Crippen LogP contribution in [-0.4, -0.2) is 24.2 Å². The van der Waals surface area contributed by atoms with Crippen molar-refractivity contribution in [3.8, 4) is 0 Å². The molecule has 1 aromatic rings. The lowest BCUT2D eigenvalue weighted by Gasteiger charge is -2.13. The van der Waals surface area contributed by atoms with Gasteiger partial charge in [0.1, 0.15) is 0 Å². The van der Waals surface area contributed by atoms with E-state index in [0.717, 1.165) is 18.7 Å². The molecule has 0 aliphatic carbocycles. The number of hydrogen-bond acceptors (Lipinski definition) is 3. The molecule has 100 valence electrons. The lowest BCUT2D eigenvalue weighted by Crippen LogP contribution is -2.41. The molecule has 1 rings (SSSR count). The SMILES string of the molecule is CCNC(CCSc1ccc(C)c(C)c1)C(N)=O. The van der Waals surface area contributed by atoms with Crippen LogP contribution in [0.25, 0.3) is 0 Å². The van der Waals surface area contributed by atoms with Gasteiger partial charge in [0.2, 0.25) is 5.91 Å². The summed E-state index contributed by atoms with van der Waals surface area (Å²) in [5.41, 5.74) is 7.95. The summed E-state index contributed by atoms with van der Waals surface area (Å²) in [5.74, 6) is 0.626. The molecule has 1 amide bonds. The molecule has 1 atom stereocenters. The van der Waals surface area contributed by atoms with Crippen molar-refractivity contribution in [3.05, 3.63) is 29.3 Å². The van der Waals surface area contributed by atoms with E-state index in [4.69, 9.17) is 5.73 Å². The van der Waals surface area contributed by atoms with Gasteiger partial charge in [0, 0.05) is 4.90 Å². The van der Waals surface area contributed by atoms with E-state index in [2.05, 4.69) is 37.4 Å². The zero-order valence-electron chi connectivity index (χ0n) is 11.3. The van der Waals surface area contributed by atoms with E-state index in [1.165, 1.54) is 16.0 Å². The molecule has 0 spiro atoms. The molecule has 0 fully saturated rings. The summed E-state index contributed by atoms with van der Waals surface area (Å²) < 4.78 is 0. The summed E-state index contributed by atoms with van der Waals surface area (Å²) in [6.07, 6.45) is 0.765. The highest BCUT2D eigenvalue weighted by atomic mass is 32.2. The van der Waals surface area contributed by atoms with Gasteiger partial charge in [0.25, 0.3) is 0 Å². The monoisotopic (exact) mass is 266 g/mol. The van der Waals surface area contributed by atoms with Crippen molar-refractivity contribution in [2.75, 3.05) is 12.3 Å². The molecule has 0 saturated carbocycles. The Morgan fingerprint density at radius 2 is 2.11 bits per heavy atom. The standard InChI is InChI=1S/C14H22N2OS/c1-4-16-13(14(15)17)7-8-18-12-6-5-10(2)11(3)9-12/h5-6,9,13,16H,4,7-8H2,1-3H3,(H2,15,17). The molecule has 0 aromatic heterocycles. The van der Waals surface area contributed by atoms with Crippen LogP contribution in [0, 0.1) is 13.8 Å². The number of nitrogens with two attached hydrogens (primary N) is 1. The van der Waals surface area contributed by atoms with Crippen molar-refractivity contribution in [1.82, 2.24) is 5.32 Å². The minimum atomic E-state index is -0.266. The Kier molecular flexibility index (Phi) is 6.22. The van der Waals surface area contributed by atoms with Crippen LogP contribution in [0.3, 0.4) is 0 Å². The van der Waals surface area contributed by atoms with Gasteiger partial charge in [0.05, 0.1) is 6.04 Å². The van der Waals surface area contributed by atoms with Crippen molar-refractivity contribution in [3.63, 3.8) is 0 Å². The molecule has 0 aliphatic rings. The molecular weight excluding hydrogens is 244 g/mol. The van der Waals surface area contributed by atoms with E-state index >= 15 is 0 Å². The summed E-state index contributed by atoms with van der Waals surface area (Å²) in [7, 11) is 0. The van der Waals surface area contributed by atoms with Crippen LogP contribution in [0.1, 0.15) is 24.5 Å². The normalized spacial score (nSPS) is 12.4. The number of carbonyl (C=O) groups is 1. The third kappa shape index (κ3) is 4.70. The zero-order chi connectivity index (χ0) is 13.5. The van der Waals surface area contributed by atoms with Gasteiger partial charge in [-0.1, -0.05) is 13.0 Å². The Bertz CT molecular complexity index is 407. The van der Waals surface area contributed by atoms with Gasteiger partial charge >= 0.3 is 0 Å². The first-order valence-corrected chi connectivity index (χ1v) is 7.26. The number of carbonyl (C=O) groups excluding carboxylic acids is 1. The maximum Gasteiger partial charge on any atom is 0.234 e. The highest BCUT2D eigenvalue weighted by Gasteiger charge is 2.13. The Morgan fingerprint density at radius 3 is 2.67 bits per heavy atom. The summed E-state index contributed by atoms with van der Waals surface area (Å²) in [6, 6.07) is 6.23. The molecule has 0 radical (unpaired) electrons. The van der Waals surface area contributed by atoms with Gasteiger partial charge in [-0.3, -0.25) is 4.79 Å². The van der Waals surface area contributed by atoms with Crippen molar-refractivity contribution in [1.29, 1.82) is 0 Å². The van der Waals surface area contributed by atoms with Crippen molar-refractivity contribution >= 4 is 17.7 Å². The van der Waals surface area contributed by atoms with Crippen LogP contribution >= 0.6 is 11.8 Å². The molecule has 0 saturated heterocycles. The van der Waals surface area contributed by atoms with Gasteiger partial charge in [-0.05, 0) is 55.8 Å². The fourth-order valence-corrected chi connectivity index (χ4v) is 2.70. The van der Waals surface area contributed by atoms with E-state index in [1.54, 1.807) is 11.8 Å². The van der Waals surface area contributed by atoms with Crippen LogP contribution in [0.2, 0.25) is 0 Å². The van der Waals surface area contributed by atoms with Crippen molar-refractivity contribution < 1.29 is 4.79 Å². The first kappa shape index (κ1) is 15.1. The molecule has 0 heterocycles. The molecule has 4 heteroatoms. The maximum atomic E-state index is 11.2. The Hall–Kier alpha value is -1.00. The van der Waals surface area contributed by atoms with Gasteiger partial charge in [-0.15, -0.1) is 11.8 Å². The number of nitrogens with one attached hydrogen (secondary N) is 1. The Balaban J connectivity index is 2.44. The smallest absolute Gasteiger partial charge is 0.234 e. The number of amides is 1. The van der Waals surface area contributed by atoms with Crippen LogP contribution in [0.15, 0.2) is 23.1 Å². The quantitative estimate of drug-likeness (QED) is 0.744. The second kappa shape index (κ2) is 7.44. The first-order chi connectivity index (χ1) is 8.54. The topological polar surface area (TPSA) is 55.1 Å². The molecular formula is C14H22N2OS. The number of rotatable bonds is 7. The number of thioether (sulfide) groups is 1. The molecule has 0 aliphatic heterocycles. The molecule has 3 nitrogen and oxygen atoms in total. The third-order valence-corrected chi connectivity index (χ3v) is 3.97. The van der Waals surface area contributed by atoms with E-state index in [-0.39, 0.29) is 11.9 Å². The minimum Gasteiger partial charge on any atom is -0.368 e. The Morgan fingerprint density at radius 1 is 1.39 bits per heavy atom. The average molecular weight is 266 g/mol. The molecule has 1 aromatic carbocycles. The summed E-state index contributed by atoms with van der Waals surface area (Å²) in [4.78, 5) is 12.4. The van der Waals surface area contributed by atoms with Gasteiger partial charge < -0.3 is 11.1 Å². The summed E-state index contributed by atoms with van der Waals surface area (Å²) in [6.45, 7) is 6.97. The van der Waals surface area contributed by atoms with Crippen molar-refractivity contribution in [2.45, 2.75) is 38.1 Å².